The van der Waals surface area contributed by atoms with E-state index in [0.29, 0.717) is 11.5 Å². The Morgan fingerprint density at radius 1 is 1.14 bits per heavy atom. The van der Waals surface area contributed by atoms with E-state index in [4.69, 9.17) is 13.9 Å². The molecule has 0 bridgehead atoms. The summed E-state index contributed by atoms with van der Waals surface area (Å²) in [5.74, 6) is 0.685. The maximum atomic E-state index is 11.7. The smallest absolute Gasteiger partial charge is 0.431 e. The molecule has 1 rings (SSSR count). The predicted octanol–water partition coefficient (Wildman–Crippen LogP) is 4.74. The van der Waals surface area contributed by atoms with Crippen molar-refractivity contribution >= 4 is 14.5 Å². The van der Waals surface area contributed by atoms with Gasteiger partial charge in [0.2, 0.25) is 0 Å². The van der Waals surface area contributed by atoms with Crippen LogP contribution in [0.4, 0.5) is 4.79 Å². The molecule has 0 spiro atoms. The molecule has 0 aromatic heterocycles. The first-order chi connectivity index (χ1) is 9.55. The van der Waals surface area contributed by atoms with Gasteiger partial charge in [0, 0.05) is 7.11 Å². The molecule has 0 saturated heterocycles. The van der Waals surface area contributed by atoms with E-state index in [1.807, 2.05) is 27.9 Å². The van der Waals surface area contributed by atoms with Crippen LogP contribution in [-0.2, 0) is 13.9 Å². The number of hydrogen-bond donors (Lipinski definition) is 0. The number of rotatable bonds is 4. The van der Waals surface area contributed by atoms with Crippen molar-refractivity contribution in [2.24, 2.45) is 5.92 Å². The van der Waals surface area contributed by atoms with Gasteiger partial charge in [0.25, 0.3) is 0 Å². The number of hydrogen-bond acceptors (Lipinski definition) is 4. The Balaban J connectivity index is 2.41. The zero-order valence-corrected chi connectivity index (χ0v) is 15.7. The van der Waals surface area contributed by atoms with Gasteiger partial charge in [-0.05, 0) is 71.0 Å². The predicted molar refractivity (Wildman–Crippen MR) is 87.0 cm³/mol. The Morgan fingerprint density at radius 3 is 2.10 bits per heavy atom. The van der Waals surface area contributed by atoms with Crippen LogP contribution in [0.15, 0.2) is 0 Å². The fraction of sp³-hybridized carbons (Fsp3) is 0.938. The molecule has 0 amide bonds. The van der Waals surface area contributed by atoms with Crippen molar-refractivity contribution in [3.8, 4) is 0 Å². The summed E-state index contributed by atoms with van der Waals surface area (Å²) in [5, 5.41) is 0. The number of ether oxygens (including phenoxy) is 2. The van der Waals surface area contributed by atoms with Gasteiger partial charge in [-0.15, -0.1) is 0 Å². The van der Waals surface area contributed by atoms with E-state index in [2.05, 4.69) is 20.0 Å². The lowest BCUT2D eigenvalue weighted by Crippen LogP contribution is -2.39. The summed E-state index contributed by atoms with van der Waals surface area (Å²) in [6.45, 7) is 12.4. The molecule has 1 aliphatic carbocycles. The zero-order valence-electron chi connectivity index (χ0n) is 14.7. The Labute approximate surface area is 130 Å². The lowest BCUT2D eigenvalue weighted by Gasteiger charge is -2.38. The van der Waals surface area contributed by atoms with E-state index < -0.39 is 20.1 Å². The van der Waals surface area contributed by atoms with E-state index in [1.165, 1.54) is 0 Å². The average Bonchev–Trinajstić information content (AvgIpc) is 2.36. The van der Waals surface area contributed by atoms with Gasteiger partial charge in [-0.1, -0.05) is 6.92 Å². The monoisotopic (exact) mass is 316 g/mol. The van der Waals surface area contributed by atoms with E-state index in [1.54, 1.807) is 0 Å². The van der Waals surface area contributed by atoms with E-state index >= 15 is 0 Å². The highest BCUT2D eigenvalue weighted by Crippen LogP contribution is 2.40. The first-order valence-electron chi connectivity index (χ1n) is 8.00. The quantitative estimate of drug-likeness (QED) is 0.555. The van der Waals surface area contributed by atoms with Crippen molar-refractivity contribution < 1.29 is 18.7 Å². The molecule has 0 radical (unpaired) electrons. The summed E-state index contributed by atoms with van der Waals surface area (Å²) >= 11 is 0. The van der Waals surface area contributed by atoms with Gasteiger partial charge in [-0.2, -0.15) is 0 Å². The van der Waals surface area contributed by atoms with Crippen molar-refractivity contribution in [1.29, 1.82) is 0 Å². The molecule has 0 aromatic carbocycles. The van der Waals surface area contributed by atoms with Gasteiger partial charge in [-0.3, -0.25) is 0 Å². The largest absolute Gasteiger partial charge is 0.509 e. The van der Waals surface area contributed by atoms with Gasteiger partial charge in [-0.25, -0.2) is 4.79 Å². The summed E-state index contributed by atoms with van der Waals surface area (Å²) in [4.78, 5) is 11.7. The molecular formula is C16H32O4Si. The average molecular weight is 317 g/mol. The second-order valence-electron chi connectivity index (χ2n) is 7.72. The highest BCUT2D eigenvalue weighted by atomic mass is 28.4. The lowest BCUT2D eigenvalue weighted by atomic mass is 9.85. The summed E-state index contributed by atoms with van der Waals surface area (Å²) in [7, 11) is 0.247. The van der Waals surface area contributed by atoms with E-state index in [9.17, 15) is 4.79 Å². The third kappa shape index (κ3) is 5.99. The van der Waals surface area contributed by atoms with Crippen LogP contribution in [0, 0.1) is 5.92 Å². The van der Waals surface area contributed by atoms with Crippen LogP contribution in [0.1, 0.15) is 53.4 Å². The second kappa shape index (κ2) is 7.14. The van der Waals surface area contributed by atoms with E-state index in [-0.39, 0.29) is 6.10 Å². The Morgan fingerprint density at radius 2 is 1.67 bits per heavy atom. The minimum Gasteiger partial charge on any atom is -0.431 e. The molecule has 0 aromatic rings. The molecule has 1 fully saturated rings. The molecule has 124 valence electrons. The fourth-order valence-corrected chi connectivity index (χ4v) is 4.71. The van der Waals surface area contributed by atoms with Crippen LogP contribution in [0.5, 0.6) is 0 Å². The third-order valence-corrected chi connectivity index (χ3v) is 8.42. The molecule has 0 N–H and O–H groups in total. The van der Waals surface area contributed by atoms with Crippen molar-refractivity contribution in [1.82, 2.24) is 0 Å². The van der Waals surface area contributed by atoms with Gasteiger partial charge in [0.05, 0.1) is 0 Å². The lowest BCUT2D eigenvalue weighted by molar-refractivity contribution is -0.0367. The van der Waals surface area contributed by atoms with Gasteiger partial charge in [0.1, 0.15) is 11.7 Å². The molecule has 1 saturated carbocycles. The number of carbonyl (C=O) groups is 1. The minimum atomic E-state index is -1.59. The first kappa shape index (κ1) is 18.5. The summed E-state index contributed by atoms with van der Waals surface area (Å²) in [6, 6.07) is 0. The fourth-order valence-electron chi connectivity index (χ4n) is 2.87. The van der Waals surface area contributed by atoms with Crippen molar-refractivity contribution in [3.05, 3.63) is 0 Å². The zero-order chi connectivity index (χ0) is 16.3. The van der Waals surface area contributed by atoms with Crippen LogP contribution >= 0.6 is 0 Å². The van der Waals surface area contributed by atoms with Crippen molar-refractivity contribution in [2.45, 2.75) is 83.7 Å². The molecule has 0 aliphatic heterocycles. The van der Waals surface area contributed by atoms with Crippen LogP contribution in [0.2, 0.25) is 18.6 Å². The van der Waals surface area contributed by atoms with Crippen LogP contribution < -0.4 is 0 Å². The molecule has 1 atom stereocenters. The van der Waals surface area contributed by atoms with Gasteiger partial charge in [0.15, 0.2) is 8.32 Å². The maximum absolute atomic E-state index is 11.7. The van der Waals surface area contributed by atoms with Crippen molar-refractivity contribution in [2.75, 3.05) is 7.11 Å². The summed E-state index contributed by atoms with van der Waals surface area (Å²) < 4.78 is 16.4. The number of carbonyl (C=O) groups excluding carboxylic acids is 1. The molecule has 4 nitrogen and oxygen atoms in total. The van der Waals surface area contributed by atoms with Crippen LogP contribution in [0.25, 0.3) is 0 Å². The first-order valence-corrected chi connectivity index (χ1v) is 11.0. The Kier molecular flexibility index (Phi) is 6.29. The third-order valence-electron chi connectivity index (χ3n) is 4.70. The Bertz CT molecular complexity index is 341. The molecule has 0 heterocycles. The molecule has 1 unspecified atom stereocenters. The normalized spacial score (nSPS) is 25.3. The molecule has 5 heteroatoms. The van der Waals surface area contributed by atoms with Crippen LogP contribution in [-0.4, -0.2) is 33.3 Å². The highest BCUT2D eigenvalue weighted by molar-refractivity contribution is 6.72. The molecular weight excluding hydrogens is 284 g/mol. The summed E-state index contributed by atoms with van der Waals surface area (Å²) in [5.41, 5.74) is 0.140. The van der Waals surface area contributed by atoms with Crippen LogP contribution in [0.3, 0.4) is 0 Å². The summed E-state index contributed by atoms with van der Waals surface area (Å²) in [6.07, 6.45) is 3.55. The van der Waals surface area contributed by atoms with E-state index in [0.717, 1.165) is 25.7 Å². The SMILES string of the molecule is CO[Si](C)(C)C(C)C1CCC(OC(=O)OC(C)(C)C)CC1. The standard InChI is InChI=1S/C16H32O4Si/c1-12(21(6,7)18-5)13-8-10-14(11-9-13)19-15(17)20-16(2,3)4/h12-14H,8-11H2,1-7H3. The van der Waals surface area contributed by atoms with Crippen molar-refractivity contribution in [3.63, 3.8) is 0 Å². The maximum Gasteiger partial charge on any atom is 0.509 e. The van der Waals surface area contributed by atoms with Gasteiger partial charge < -0.3 is 13.9 Å². The minimum absolute atomic E-state index is 0.00984. The second-order valence-corrected chi connectivity index (χ2v) is 12.2. The molecule has 21 heavy (non-hydrogen) atoms. The Hall–Kier alpha value is -0.553. The van der Waals surface area contributed by atoms with Gasteiger partial charge >= 0.3 is 6.16 Å². The highest BCUT2D eigenvalue weighted by Gasteiger charge is 2.37. The topological polar surface area (TPSA) is 44.8 Å². The molecule has 1 aliphatic rings.